The van der Waals surface area contributed by atoms with Crippen LogP contribution in [-0.2, 0) is 0 Å². The molecule has 2 heterocycles. The molecule has 4 heteroatoms. The van der Waals surface area contributed by atoms with Gasteiger partial charge < -0.3 is 4.90 Å². The van der Waals surface area contributed by atoms with E-state index in [9.17, 15) is 9.59 Å². The lowest BCUT2D eigenvalue weighted by Gasteiger charge is -2.37. The number of hydrogen-bond donors (Lipinski definition) is 1. The van der Waals surface area contributed by atoms with Crippen molar-refractivity contribution in [3.05, 3.63) is 41.5 Å². The quantitative estimate of drug-likeness (QED) is 0.822. The number of carbonyl (C=O) groups is 2. The zero-order valence-corrected chi connectivity index (χ0v) is 12.6. The highest BCUT2D eigenvalue weighted by atomic mass is 16.2. The highest BCUT2D eigenvalue weighted by Gasteiger charge is 2.30. The van der Waals surface area contributed by atoms with Crippen molar-refractivity contribution in [1.29, 1.82) is 0 Å². The highest BCUT2D eigenvalue weighted by molar-refractivity contribution is 6.27. The number of piperidine rings is 1. The molecular weight excluding hydrogens is 276 g/mol. The van der Waals surface area contributed by atoms with Crippen molar-refractivity contribution in [2.75, 3.05) is 11.4 Å². The van der Waals surface area contributed by atoms with Gasteiger partial charge in [-0.05, 0) is 43.7 Å². The minimum Gasteiger partial charge on any atom is -0.368 e. The van der Waals surface area contributed by atoms with Crippen molar-refractivity contribution in [2.45, 2.75) is 32.2 Å². The van der Waals surface area contributed by atoms with Gasteiger partial charge in [0, 0.05) is 23.5 Å². The van der Waals surface area contributed by atoms with Gasteiger partial charge in [-0.2, -0.15) is 0 Å². The lowest BCUT2D eigenvalue weighted by molar-refractivity contribution is 0.0845. The third-order valence-electron chi connectivity index (χ3n) is 4.83. The van der Waals surface area contributed by atoms with Crippen LogP contribution in [-0.4, -0.2) is 24.4 Å². The number of nitrogens with zero attached hydrogens (tertiary/aromatic N) is 1. The summed E-state index contributed by atoms with van der Waals surface area (Å²) in [7, 11) is 0. The first-order chi connectivity index (χ1) is 10.7. The summed E-state index contributed by atoms with van der Waals surface area (Å²) in [5.74, 6) is -0.575. The van der Waals surface area contributed by atoms with E-state index in [-0.39, 0.29) is 11.8 Å². The molecule has 1 fully saturated rings. The fourth-order valence-electron chi connectivity index (χ4n) is 3.72. The van der Waals surface area contributed by atoms with Gasteiger partial charge in [0.1, 0.15) is 0 Å². The Hall–Kier alpha value is -2.36. The molecule has 2 aromatic rings. The van der Waals surface area contributed by atoms with E-state index in [1.807, 2.05) is 24.3 Å². The van der Waals surface area contributed by atoms with Crippen LogP contribution in [0.15, 0.2) is 30.3 Å². The molecule has 4 nitrogen and oxygen atoms in total. The van der Waals surface area contributed by atoms with Gasteiger partial charge in [-0.1, -0.05) is 18.2 Å². The predicted molar refractivity (Wildman–Crippen MR) is 86.4 cm³/mol. The number of carbonyl (C=O) groups excluding carboxylic acids is 2. The van der Waals surface area contributed by atoms with Gasteiger partial charge in [-0.25, -0.2) is 0 Å². The van der Waals surface area contributed by atoms with E-state index >= 15 is 0 Å². The minimum absolute atomic E-state index is 0.276. The third-order valence-corrected chi connectivity index (χ3v) is 4.83. The average molecular weight is 294 g/mol. The van der Waals surface area contributed by atoms with Crippen LogP contribution in [0, 0.1) is 0 Å². The summed E-state index contributed by atoms with van der Waals surface area (Å²) < 4.78 is 0. The maximum atomic E-state index is 12.5. The van der Waals surface area contributed by atoms with Crippen LogP contribution >= 0.6 is 0 Å². The Morgan fingerprint density at radius 2 is 1.95 bits per heavy atom. The molecule has 1 saturated heterocycles. The van der Waals surface area contributed by atoms with Gasteiger partial charge in [0.25, 0.3) is 11.8 Å². The summed E-state index contributed by atoms with van der Waals surface area (Å²) >= 11 is 0. The summed E-state index contributed by atoms with van der Waals surface area (Å²) in [4.78, 5) is 26.9. The highest BCUT2D eigenvalue weighted by Crippen LogP contribution is 2.36. The third kappa shape index (κ3) is 1.83. The first kappa shape index (κ1) is 13.3. The molecule has 0 aliphatic carbocycles. The number of imide groups is 1. The van der Waals surface area contributed by atoms with Crippen LogP contribution in [0.1, 0.15) is 46.9 Å². The first-order valence-corrected chi connectivity index (χ1v) is 7.85. The van der Waals surface area contributed by atoms with Crippen molar-refractivity contribution in [3.8, 4) is 0 Å². The van der Waals surface area contributed by atoms with Crippen LogP contribution in [0.3, 0.4) is 0 Å². The summed E-state index contributed by atoms with van der Waals surface area (Å²) in [6, 6.07) is 10.1. The van der Waals surface area contributed by atoms with Crippen molar-refractivity contribution in [1.82, 2.24) is 5.32 Å². The summed E-state index contributed by atoms with van der Waals surface area (Å²) in [5, 5.41) is 4.23. The van der Waals surface area contributed by atoms with Crippen LogP contribution in [0.2, 0.25) is 0 Å². The average Bonchev–Trinajstić information content (AvgIpc) is 2.52. The second kappa shape index (κ2) is 4.83. The van der Waals surface area contributed by atoms with Gasteiger partial charge in [0.2, 0.25) is 0 Å². The molecule has 1 N–H and O–H groups in total. The molecule has 0 bridgehead atoms. The number of benzene rings is 2. The second-order valence-electron chi connectivity index (χ2n) is 6.18. The normalized spacial score (nSPS) is 21.1. The summed E-state index contributed by atoms with van der Waals surface area (Å²) in [6.45, 7) is 3.16. The molecule has 112 valence electrons. The lowest BCUT2D eigenvalue weighted by atomic mass is 9.92. The number of anilines is 1. The van der Waals surface area contributed by atoms with Gasteiger partial charge in [0.15, 0.2) is 0 Å². The molecule has 2 aromatic carbocycles. The first-order valence-electron chi connectivity index (χ1n) is 7.85. The maximum absolute atomic E-state index is 12.5. The molecule has 2 aliphatic heterocycles. The molecule has 0 saturated carbocycles. The smallest absolute Gasteiger partial charge is 0.260 e. The topological polar surface area (TPSA) is 49.4 Å². The largest absolute Gasteiger partial charge is 0.368 e. The molecule has 2 amide bonds. The van der Waals surface area contributed by atoms with Crippen LogP contribution in [0.5, 0.6) is 0 Å². The number of rotatable bonds is 1. The monoisotopic (exact) mass is 294 g/mol. The van der Waals surface area contributed by atoms with E-state index in [1.165, 1.54) is 6.42 Å². The van der Waals surface area contributed by atoms with E-state index in [0.717, 1.165) is 35.8 Å². The molecule has 1 atom stereocenters. The maximum Gasteiger partial charge on any atom is 0.260 e. The van der Waals surface area contributed by atoms with Crippen LogP contribution < -0.4 is 10.2 Å². The Labute approximate surface area is 129 Å². The minimum atomic E-state index is -0.299. The van der Waals surface area contributed by atoms with Crippen molar-refractivity contribution >= 4 is 28.3 Å². The predicted octanol–water partition coefficient (Wildman–Crippen LogP) is 3.10. The summed E-state index contributed by atoms with van der Waals surface area (Å²) in [5.41, 5.74) is 2.21. The Morgan fingerprint density at radius 1 is 1.09 bits per heavy atom. The van der Waals surface area contributed by atoms with E-state index in [1.54, 1.807) is 6.07 Å². The fourth-order valence-corrected chi connectivity index (χ4v) is 3.72. The van der Waals surface area contributed by atoms with E-state index < -0.39 is 0 Å². The van der Waals surface area contributed by atoms with Crippen molar-refractivity contribution in [3.63, 3.8) is 0 Å². The van der Waals surface area contributed by atoms with Gasteiger partial charge in [-0.3, -0.25) is 14.9 Å². The van der Waals surface area contributed by atoms with Crippen molar-refractivity contribution < 1.29 is 9.59 Å². The summed E-state index contributed by atoms with van der Waals surface area (Å²) in [6.07, 6.45) is 3.51. The molecule has 4 rings (SSSR count). The van der Waals surface area contributed by atoms with Crippen LogP contribution in [0.25, 0.3) is 10.8 Å². The Balaban J connectivity index is 2.00. The van der Waals surface area contributed by atoms with Crippen LogP contribution in [0.4, 0.5) is 5.69 Å². The number of amides is 2. The lowest BCUT2D eigenvalue weighted by Crippen LogP contribution is -2.41. The molecule has 22 heavy (non-hydrogen) atoms. The zero-order chi connectivity index (χ0) is 15.3. The van der Waals surface area contributed by atoms with Gasteiger partial charge in [0.05, 0.1) is 11.3 Å². The second-order valence-corrected chi connectivity index (χ2v) is 6.18. The molecule has 0 aromatic heterocycles. The van der Waals surface area contributed by atoms with E-state index in [4.69, 9.17) is 0 Å². The Kier molecular flexibility index (Phi) is 2.93. The van der Waals surface area contributed by atoms with Gasteiger partial charge in [-0.15, -0.1) is 0 Å². The molecular formula is C18H18N2O2. The fraction of sp³-hybridized carbons (Fsp3) is 0.333. The van der Waals surface area contributed by atoms with Crippen molar-refractivity contribution in [2.24, 2.45) is 0 Å². The SMILES string of the molecule is CC1CCCCN1c1ccc2cccc3c2c1C(=O)NC3=O. The molecule has 1 unspecified atom stereocenters. The molecule has 2 aliphatic rings. The van der Waals surface area contributed by atoms with E-state index in [0.29, 0.717) is 17.2 Å². The van der Waals surface area contributed by atoms with E-state index in [2.05, 4.69) is 17.1 Å². The standard InChI is InChI=1S/C18H18N2O2/c1-11-5-2-3-10-20(11)14-9-8-12-6-4-7-13-15(12)16(14)18(22)19-17(13)21/h4,6-9,11H,2-3,5,10H2,1H3,(H,19,21,22). The molecule has 0 radical (unpaired) electrons. The van der Waals surface area contributed by atoms with Gasteiger partial charge >= 0.3 is 0 Å². The zero-order valence-electron chi connectivity index (χ0n) is 12.6. The number of hydrogen-bond acceptors (Lipinski definition) is 3. The Morgan fingerprint density at radius 3 is 2.77 bits per heavy atom. The number of nitrogens with one attached hydrogen (secondary N) is 1. The molecule has 0 spiro atoms. The Bertz CT molecular complexity index is 797.